The third-order valence-corrected chi connectivity index (χ3v) is 3.99. The van der Waals surface area contributed by atoms with E-state index in [9.17, 15) is 0 Å². The first-order valence-electron chi connectivity index (χ1n) is 6.84. The molecule has 0 radical (unpaired) electrons. The summed E-state index contributed by atoms with van der Waals surface area (Å²) in [5.41, 5.74) is 3.45. The highest BCUT2D eigenvalue weighted by Gasteiger charge is 2.05. The zero-order valence-corrected chi connectivity index (χ0v) is 12.9. The third-order valence-electron chi connectivity index (χ3n) is 3.09. The first-order chi connectivity index (χ1) is 10.2. The minimum atomic E-state index is 0.825. The molecule has 0 spiro atoms. The summed E-state index contributed by atoms with van der Waals surface area (Å²) in [6, 6.07) is 8.24. The van der Waals surface area contributed by atoms with Crippen LogP contribution >= 0.6 is 11.3 Å². The van der Waals surface area contributed by atoms with Gasteiger partial charge in [-0.2, -0.15) is 5.10 Å². The van der Waals surface area contributed by atoms with Crippen LogP contribution in [0.25, 0.3) is 0 Å². The van der Waals surface area contributed by atoms with Gasteiger partial charge in [0.05, 0.1) is 6.20 Å². The maximum absolute atomic E-state index is 4.27. The van der Waals surface area contributed by atoms with Gasteiger partial charge in [0.15, 0.2) is 0 Å². The Morgan fingerprint density at radius 3 is 2.62 bits per heavy atom. The first kappa shape index (κ1) is 13.8. The van der Waals surface area contributed by atoms with Crippen LogP contribution in [0, 0.1) is 13.8 Å². The molecule has 5 nitrogen and oxygen atoms in total. The molecule has 3 aromatic rings. The molecule has 0 atom stereocenters. The van der Waals surface area contributed by atoms with E-state index in [2.05, 4.69) is 39.7 Å². The normalized spacial score (nSPS) is 10.8. The highest BCUT2D eigenvalue weighted by atomic mass is 32.1. The van der Waals surface area contributed by atoms with Crippen molar-refractivity contribution in [2.24, 2.45) is 0 Å². The Kier molecular flexibility index (Phi) is 3.96. The third kappa shape index (κ3) is 3.66. The van der Waals surface area contributed by atoms with Crippen LogP contribution < -0.4 is 5.32 Å². The molecule has 0 saturated heterocycles. The van der Waals surface area contributed by atoms with E-state index >= 15 is 0 Å². The highest BCUT2D eigenvalue weighted by Crippen LogP contribution is 2.21. The Balaban J connectivity index is 1.59. The van der Waals surface area contributed by atoms with Gasteiger partial charge in [0, 0.05) is 24.8 Å². The largest absolute Gasteiger partial charge is 0.330 e. The molecule has 0 bridgehead atoms. The van der Waals surface area contributed by atoms with Gasteiger partial charge in [-0.25, -0.2) is 0 Å². The molecule has 0 aliphatic carbocycles. The van der Waals surface area contributed by atoms with Crippen LogP contribution in [-0.2, 0) is 13.0 Å². The van der Waals surface area contributed by atoms with Crippen molar-refractivity contribution in [2.75, 3.05) is 5.32 Å². The van der Waals surface area contributed by atoms with E-state index in [1.54, 1.807) is 11.3 Å². The zero-order valence-electron chi connectivity index (χ0n) is 12.1. The quantitative estimate of drug-likeness (QED) is 0.785. The average molecular weight is 299 g/mol. The monoisotopic (exact) mass is 299 g/mol. The number of nitrogens with zero attached hydrogens (tertiary/aromatic N) is 4. The molecule has 6 heteroatoms. The molecule has 3 rings (SSSR count). The van der Waals surface area contributed by atoms with Gasteiger partial charge >= 0.3 is 0 Å². The van der Waals surface area contributed by atoms with Crippen LogP contribution in [0.3, 0.4) is 0 Å². The van der Waals surface area contributed by atoms with Gasteiger partial charge in [-0.1, -0.05) is 29.0 Å². The summed E-state index contributed by atoms with van der Waals surface area (Å²) >= 11 is 1.58. The van der Waals surface area contributed by atoms with Gasteiger partial charge in [0.2, 0.25) is 5.13 Å². The van der Waals surface area contributed by atoms with E-state index in [0.717, 1.165) is 28.8 Å². The van der Waals surface area contributed by atoms with Crippen molar-refractivity contribution in [2.45, 2.75) is 26.8 Å². The molecule has 0 unspecified atom stereocenters. The molecule has 1 aromatic carbocycles. The van der Waals surface area contributed by atoms with Crippen molar-refractivity contribution in [1.29, 1.82) is 0 Å². The van der Waals surface area contributed by atoms with Gasteiger partial charge in [0.25, 0.3) is 0 Å². The fourth-order valence-electron chi connectivity index (χ4n) is 1.96. The SMILES string of the molecule is Cc1ccc(Nc2nnc(CCn3cc(C)cn3)s2)cc1. The molecule has 1 N–H and O–H groups in total. The molecule has 0 fully saturated rings. The van der Waals surface area contributed by atoms with Crippen LogP contribution in [0.1, 0.15) is 16.1 Å². The van der Waals surface area contributed by atoms with Gasteiger partial charge in [-0.15, -0.1) is 10.2 Å². The Morgan fingerprint density at radius 1 is 1.10 bits per heavy atom. The summed E-state index contributed by atoms with van der Waals surface area (Å²) in [7, 11) is 0. The van der Waals surface area contributed by atoms with Crippen molar-refractivity contribution >= 4 is 22.2 Å². The molecule has 0 aliphatic rings. The number of hydrogen-bond acceptors (Lipinski definition) is 5. The van der Waals surface area contributed by atoms with Crippen LogP contribution in [-0.4, -0.2) is 20.0 Å². The molecule has 21 heavy (non-hydrogen) atoms. The molecule has 2 aromatic heterocycles. The van der Waals surface area contributed by atoms with Crippen LogP contribution in [0.2, 0.25) is 0 Å². The lowest BCUT2D eigenvalue weighted by molar-refractivity contribution is 0.611. The Morgan fingerprint density at radius 2 is 1.90 bits per heavy atom. The van der Waals surface area contributed by atoms with E-state index in [1.165, 1.54) is 11.1 Å². The molecule has 0 saturated carbocycles. The predicted octanol–water partition coefficient (Wildman–Crippen LogP) is 3.34. The van der Waals surface area contributed by atoms with E-state index < -0.39 is 0 Å². The Bertz CT molecular complexity index is 714. The fourth-order valence-corrected chi connectivity index (χ4v) is 2.71. The molecular formula is C15H17N5S. The molecule has 0 amide bonds. The number of nitrogens with one attached hydrogen (secondary N) is 1. The highest BCUT2D eigenvalue weighted by molar-refractivity contribution is 7.15. The lowest BCUT2D eigenvalue weighted by atomic mass is 10.2. The minimum Gasteiger partial charge on any atom is -0.330 e. The average Bonchev–Trinajstić information content (AvgIpc) is 3.08. The maximum atomic E-state index is 4.27. The second kappa shape index (κ2) is 6.05. The number of benzene rings is 1. The van der Waals surface area contributed by atoms with Gasteiger partial charge in [-0.3, -0.25) is 4.68 Å². The van der Waals surface area contributed by atoms with Crippen molar-refractivity contribution in [3.63, 3.8) is 0 Å². The second-order valence-electron chi connectivity index (χ2n) is 5.02. The summed E-state index contributed by atoms with van der Waals surface area (Å²) in [6.07, 6.45) is 4.74. The smallest absolute Gasteiger partial charge is 0.210 e. The van der Waals surface area contributed by atoms with Crippen molar-refractivity contribution in [1.82, 2.24) is 20.0 Å². The Hall–Kier alpha value is -2.21. The summed E-state index contributed by atoms with van der Waals surface area (Å²) in [6.45, 7) is 4.94. The number of aromatic nitrogens is 4. The minimum absolute atomic E-state index is 0.825. The summed E-state index contributed by atoms with van der Waals surface area (Å²) in [5, 5.41) is 17.8. The number of rotatable bonds is 5. The van der Waals surface area contributed by atoms with Gasteiger partial charge < -0.3 is 5.32 Å². The summed E-state index contributed by atoms with van der Waals surface area (Å²) in [4.78, 5) is 0. The number of aryl methyl sites for hydroxylation is 4. The first-order valence-corrected chi connectivity index (χ1v) is 7.66. The van der Waals surface area contributed by atoms with Gasteiger partial charge in [-0.05, 0) is 31.5 Å². The molecule has 2 heterocycles. The number of hydrogen-bond donors (Lipinski definition) is 1. The standard InChI is InChI=1S/C15H17N5S/c1-11-3-5-13(6-4-11)17-15-19-18-14(21-15)7-8-20-10-12(2)9-16-20/h3-6,9-10H,7-8H2,1-2H3,(H,17,19). The van der Waals surface area contributed by atoms with Crippen LogP contribution in [0.15, 0.2) is 36.7 Å². The van der Waals surface area contributed by atoms with Crippen molar-refractivity contribution in [3.05, 3.63) is 52.8 Å². The molecule has 108 valence electrons. The lowest BCUT2D eigenvalue weighted by Crippen LogP contribution is -2.01. The second-order valence-corrected chi connectivity index (χ2v) is 6.08. The van der Waals surface area contributed by atoms with E-state index in [0.29, 0.717) is 0 Å². The predicted molar refractivity (Wildman–Crippen MR) is 85.0 cm³/mol. The van der Waals surface area contributed by atoms with Crippen LogP contribution in [0.4, 0.5) is 10.8 Å². The Labute approximate surface area is 127 Å². The van der Waals surface area contributed by atoms with E-state index in [4.69, 9.17) is 0 Å². The maximum Gasteiger partial charge on any atom is 0.210 e. The van der Waals surface area contributed by atoms with E-state index in [1.807, 2.05) is 36.1 Å². The van der Waals surface area contributed by atoms with Crippen molar-refractivity contribution < 1.29 is 0 Å². The summed E-state index contributed by atoms with van der Waals surface area (Å²) in [5.74, 6) is 0. The topological polar surface area (TPSA) is 55.6 Å². The van der Waals surface area contributed by atoms with Crippen molar-refractivity contribution in [3.8, 4) is 0 Å². The number of anilines is 2. The van der Waals surface area contributed by atoms with Gasteiger partial charge in [0.1, 0.15) is 5.01 Å². The summed E-state index contributed by atoms with van der Waals surface area (Å²) < 4.78 is 1.93. The molecular weight excluding hydrogens is 282 g/mol. The zero-order chi connectivity index (χ0) is 14.7. The fraction of sp³-hybridized carbons (Fsp3) is 0.267. The van der Waals surface area contributed by atoms with E-state index in [-0.39, 0.29) is 0 Å². The molecule has 0 aliphatic heterocycles. The van der Waals surface area contributed by atoms with Crippen LogP contribution in [0.5, 0.6) is 0 Å². The lowest BCUT2D eigenvalue weighted by Gasteiger charge is -2.01.